The van der Waals surface area contributed by atoms with Crippen molar-refractivity contribution in [1.29, 1.82) is 0 Å². The van der Waals surface area contributed by atoms with Gasteiger partial charge in [0.05, 0.1) is 18.7 Å². The van der Waals surface area contributed by atoms with E-state index in [4.69, 9.17) is 21.6 Å². The number of aromatic amines is 1. The van der Waals surface area contributed by atoms with Gasteiger partial charge in [-0.25, -0.2) is 4.79 Å². The van der Waals surface area contributed by atoms with E-state index in [9.17, 15) is 24.0 Å². The standard InChI is InChI=1S/C32H34N4O7/c1-4-21-8-5-6-9-22(21)32(41)43-18-28(38)27(15-20(17-37)12-13-33)36-19(2)14-26(31(36)40)35-30(39)25-16-23-24(34-25)10-7-11-29(23)42-3/h1,5-11,16-17,19-20,26-27,34H,12-15,18,33H2,2-3H3,(H,35,39)/t19?,20-,26-,27-/m0/s1. The third-order valence-corrected chi connectivity index (χ3v) is 7.61. The van der Waals surface area contributed by atoms with Gasteiger partial charge in [0.25, 0.3) is 5.91 Å². The lowest BCUT2D eigenvalue weighted by molar-refractivity contribution is -0.141. The van der Waals surface area contributed by atoms with E-state index >= 15 is 0 Å². The minimum absolute atomic E-state index is 0.00339. The Bertz CT molecular complexity index is 1570. The Kier molecular flexibility index (Phi) is 9.95. The van der Waals surface area contributed by atoms with E-state index in [2.05, 4.69) is 16.2 Å². The molecule has 0 saturated carbocycles. The minimum atomic E-state index is -1.08. The smallest absolute Gasteiger partial charge is 0.339 e. The second kappa shape index (κ2) is 13.8. The van der Waals surface area contributed by atoms with E-state index in [0.717, 1.165) is 0 Å². The molecular formula is C32H34N4O7. The van der Waals surface area contributed by atoms with Gasteiger partial charge in [-0.05, 0) is 63.1 Å². The first kappa shape index (κ1) is 31.0. The first-order valence-electron chi connectivity index (χ1n) is 13.9. The normalized spacial score (nSPS) is 17.6. The molecule has 11 nitrogen and oxygen atoms in total. The van der Waals surface area contributed by atoms with Gasteiger partial charge in [0.15, 0.2) is 12.4 Å². The number of amides is 2. The zero-order chi connectivity index (χ0) is 31.1. The summed E-state index contributed by atoms with van der Waals surface area (Å²) in [6, 6.07) is 10.9. The second-order valence-corrected chi connectivity index (χ2v) is 10.4. The number of ketones is 1. The Balaban J connectivity index is 1.51. The molecule has 4 atom stereocenters. The molecule has 4 rings (SSSR count). The van der Waals surface area contributed by atoms with Gasteiger partial charge in [-0.15, -0.1) is 6.42 Å². The monoisotopic (exact) mass is 586 g/mol. The number of esters is 1. The Labute approximate surface area is 249 Å². The van der Waals surface area contributed by atoms with Gasteiger partial charge in [-0.1, -0.05) is 24.1 Å². The molecule has 1 aromatic heterocycles. The van der Waals surface area contributed by atoms with Crippen molar-refractivity contribution in [3.63, 3.8) is 0 Å². The molecule has 4 N–H and O–H groups in total. The number of aldehydes is 1. The molecule has 1 unspecified atom stereocenters. The number of benzene rings is 2. The fourth-order valence-electron chi connectivity index (χ4n) is 5.44. The van der Waals surface area contributed by atoms with Gasteiger partial charge >= 0.3 is 5.97 Å². The van der Waals surface area contributed by atoms with Crippen LogP contribution >= 0.6 is 0 Å². The van der Waals surface area contributed by atoms with E-state index < -0.39 is 54.2 Å². The Morgan fingerprint density at radius 1 is 1.23 bits per heavy atom. The van der Waals surface area contributed by atoms with Crippen molar-refractivity contribution >= 4 is 40.8 Å². The summed E-state index contributed by atoms with van der Waals surface area (Å²) >= 11 is 0. The summed E-state index contributed by atoms with van der Waals surface area (Å²) in [5, 5.41) is 3.48. The molecule has 11 heteroatoms. The van der Waals surface area contributed by atoms with E-state index in [1.165, 1.54) is 18.1 Å². The number of terminal acetylenes is 1. The topological polar surface area (TPSA) is 161 Å². The molecule has 1 saturated heterocycles. The van der Waals surface area contributed by atoms with E-state index in [1.54, 1.807) is 49.4 Å². The molecule has 2 aromatic carbocycles. The first-order valence-corrected chi connectivity index (χ1v) is 13.9. The summed E-state index contributed by atoms with van der Waals surface area (Å²) in [5.41, 5.74) is 7.05. The first-order chi connectivity index (χ1) is 20.7. The number of likely N-dealkylation sites (tertiary alicyclic amines) is 1. The molecule has 0 aliphatic carbocycles. The Morgan fingerprint density at radius 3 is 2.70 bits per heavy atom. The molecule has 0 radical (unpaired) electrons. The van der Waals surface area contributed by atoms with Crippen LogP contribution in [0.15, 0.2) is 48.5 Å². The number of H-pyrrole nitrogens is 1. The highest BCUT2D eigenvalue weighted by molar-refractivity contribution is 6.02. The highest BCUT2D eigenvalue weighted by Gasteiger charge is 2.44. The molecule has 2 amide bonds. The number of carbonyl (C=O) groups excluding carboxylic acids is 5. The number of Topliss-reactive ketones (excluding diaryl/α,β-unsaturated/α-hetero) is 1. The predicted octanol–water partition coefficient (Wildman–Crippen LogP) is 2.23. The van der Waals surface area contributed by atoms with E-state index in [0.29, 0.717) is 34.9 Å². The maximum Gasteiger partial charge on any atom is 0.339 e. The van der Waals surface area contributed by atoms with Gasteiger partial charge in [-0.3, -0.25) is 14.4 Å². The number of fused-ring (bicyclic) bond motifs is 1. The zero-order valence-corrected chi connectivity index (χ0v) is 24.0. The fraction of sp³-hybridized carbons (Fsp3) is 0.344. The lowest BCUT2D eigenvalue weighted by atomic mass is 9.94. The zero-order valence-electron chi connectivity index (χ0n) is 24.0. The lowest BCUT2D eigenvalue weighted by Gasteiger charge is -2.32. The highest BCUT2D eigenvalue weighted by atomic mass is 16.5. The summed E-state index contributed by atoms with van der Waals surface area (Å²) in [6.45, 7) is 1.33. The molecule has 1 aliphatic rings. The van der Waals surface area contributed by atoms with Crippen LogP contribution in [0.3, 0.4) is 0 Å². The predicted molar refractivity (Wildman–Crippen MR) is 158 cm³/mol. The summed E-state index contributed by atoms with van der Waals surface area (Å²) in [5.74, 6) is 0.0724. The molecule has 224 valence electrons. The summed E-state index contributed by atoms with van der Waals surface area (Å²) in [4.78, 5) is 69.2. The summed E-state index contributed by atoms with van der Waals surface area (Å²) in [6.07, 6.45) is 6.71. The van der Waals surface area contributed by atoms with Gasteiger partial charge in [-0.2, -0.15) is 0 Å². The average Bonchev–Trinajstić information content (AvgIpc) is 3.58. The SMILES string of the molecule is C#Cc1ccccc1C(=O)OCC(=O)[C@H](C[C@@H](C=O)CCN)N1C(=O)[C@@H](NC(=O)c2cc3c(OC)cccc3[nH]2)CC1C. The van der Waals surface area contributed by atoms with Crippen molar-refractivity contribution in [1.82, 2.24) is 15.2 Å². The van der Waals surface area contributed by atoms with Gasteiger partial charge in [0.2, 0.25) is 5.91 Å². The quantitative estimate of drug-likeness (QED) is 0.156. The number of hydrogen-bond donors (Lipinski definition) is 3. The van der Waals surface area contributed by atoms with Crippen LogP contribution < -0.4 is 15.8 Å². The molecule has 1 fully saturated rings. The molecule has 0 spiro atoms. The van der Waals surface area contributed by atoms with Crippen molar-refractivity contribution in [2.75, 3.05) is 20.3 Å². The molecule has 0 bridgehead atoms. The molecule has 43 heavy (non-hydrogen) atoms. The molecule has 3 aromatic rings. The third kappa shape index (κ3) is 6.76. The van der Waals surface area contributed by atoms with Crippen molar-refractivity contribution in [3.05, 3.63) is 65.4 Å². The van der Waals surface area contributed by atoms with Crippen LogP contribution in [0.4, 0.5) is 0 Å². The van der Waals surface area contributed by atoms with Crippen LogP contribution in [-0.2, 0) is 19.1 Å². The van der Waals surface area contributed by atoms with Crippen LogP contribution in [0.5, 0.6) is 5.75 Å². The number of rotatable bonds is 13. The third-order valence-electron chi connectivity index (χ3n) is 7.61. The number of nitrogens with one attached hydrogen (secondary N) is 2. The summed E-state index contributed by atoms with van der Waals surface area (Å²) in [7, 11) is 1.53. The van der Waals surface area contributed by atoms with E-state index in [-0.39, 0.29) is 30.6 Å². The Morgan fingerprint density at radius 2 is 2.00 bits per heavy atom. The van der Waals surface area contributed by atoms with Gasteiger partial charge in [0.1, 0.15) is 23.8 Å². The maximum atomic E-state index is 13.7. The number of nitrogens with zero attached hydrogens (tertiary/aromatic N) is 1. The number of nitrogens with two attached hydrogens (primary N) is 1. The number of methoxy groups -OCH3 is 1. The van der Waals surface area contributed by atoms with Crippen molar-refractivity contribution in [2.45, 2.75) is 44.3 Å². The fourth-order valence-corrected chi connectivity index (χ4v) is 5.44. The second-order valence-electron chi connectivity index (χ2n) is 10.4. The van der Waals surface area contributed by atoms with Crippen LogP contribution in [0.2, 0.25) is 0 Å². The van der Waals surface area contributed by atoms with Crippen LogP contribution in [0.25, 0.3) is 10.9 Å². The molecule has 2 heterocycles. The van der Waals surface area contributed by atoms with Gasteiger partial charge < -0.3 is 35.2 Å². The number of carbonyl (C=O) groups is 5. The van der Waals surface area contributed by atoms with Crippen LogP contribution in [-0.4, -0.2) is 78.1 Å². The molecular weight excluding hydrogens is 552 g/mol. The van der Waals surface area contributed by atoms with Crippen molar-refractivity contribution in [2.24, 2.45) is 11.7 Å². The number of aromatic nitrogens is 1. The highest BCUT2D eigenvalue weighted by Crippen LogP contribution is 2.28. The minimum Gasteiger partial charge on any atom is -0.496 e. The van der Waals surface area contributed by atoms with Gasteiger partial charge in [0, 0.05) is 28.4 Å². The molecule has 1 aliphatic heterocycles. The number of ether oxygens (including phenoxy) is 2. The van der Waals surface area contributed by atoms with Crippen LogP contribution in [0.1, 0.15) is 52.6 Å². The average molecular weight is 587 g/mol. The number of hydrogen-bond acceptors (Lipinski definition) is 8. The van der Waals surface area contributed by atoms with Crippen LogP contribution in [0, 0.1) is 18.3 Å². The lowest BCUT2D eigenvalue weighted by Crippen LogP contribution is -2.50. The van der Waals surface area contributed by atoms with Crippen molar-refractivity contribution in [3.8, 4) is 18.1 Å². The largest absolute Gasteiger partial charge is 0.496 e. The maximum absolute atomic E-state index is 13.7. The van der Waals surface area contributed by atoms with E-state index in [1.807, 2.05) is 0 Å². The Hall–Kier alpha value is -4.95. The summed E-state index contributed by atoms with van der Waals surface area (Å²) < 4.78 is 10.7. The van der Waals surface area contributed by atoms with Crippen molar-refractivity contribution < 1.29 is 33.4 Å².